The molecule has 144 valence electrons. The van der Waals surface area contributed by atoms with Crippen LogP contribution in [-0.2, 0) is 4.79 Å². The third kappa shape index (κ3) is 2.77. The fraction of sp³-hybridized carbons (Fsp3) is 0.143. The number of hydrogen-bond donors (Lipinski definition) is 2. The molecule has 8 heteroatoms. The van der Waals surface area contributed by atoms with E-state index < -0.39 is 5.97 Å². The van der Waals surface area contributed by atoms with Crippen LogP contribution in [0.25, 0.3) is 17.1 Å². The van der Waals surface area contributed by atoms with Gasteiger partial charge in [-0.25, -0.2) is 4.79 Å². The molecular formula is C21H16N4O4. The summed E-state index contributed by atoms with van der Waals surface area (Å²) in [7, 11) is 0. The lowest BCUT2D eigenvalue weighted by atomic mass is 9.85. The van der Waals surface area contributed by atoms with Crippen LogP contribution in [0, 0.1) is 6.92 Å². The first-order valence-corrected chi connectivity index (χ1v) is 9.10. The molecule has 2 N–H and O–H groups in total. The number of carboxylic acid groups (broad SMARTS) is 1. The normalized spacial score (nSPS) is 15.9. The molecule has 5 rings (SSSR count). The van der Waals surface area contributed by atoms with Crippen LogP contribution in [0.1, 0.15) is 39.5 Å². The van der Waals surface area contributed by atoms with Gasteiger partial charge in [-0.15, -0.1) is 0 Å². The van der Waals surface area contributed by atoms with Crippen molar-refractivity contribution in [1.82, 2.24) is 14.8 Å². The number of carbonyl (C=O) groups is 2. The second-order valence-corrected chi connectivity index (χ2v) is 6.96. The minimum atomic E-state index is -0.987. The highest BCUT2D eigenvalue weighted by molar-refractivity contribution is 5.95. The Balaban J connectivity index is 1.63. The van der Waals surface area contributed by atoms with E-state index in [1.54, 1.807) is 24.3 Å². The van der Waals surface area contributed by atoms with Crippen LogP contribution < -0.4 is 5.32 Å². The average Bonchev–Trinajstić information content (AvgIpc) is 3.28. The summed E-state index contributed by atoms with van der Waals surface area (Å²) in [4.78, 5) is 28.1. The summed E-state index contributed by atoms with van der Waals surface area (Å²) in [6.45, 7) is 1.87. The molecule has 29 heavy (non-hydrogen) atoms. The van der Waals surface area contributed by atoms with E-state index in [9.17, 15) is 9.59 Å². The van der Waals surface area contributed by atoms with Gasteiger partial charge in [-0.1, -0.05) is 24.3 Å². The summed E-state index contributed by atoms with van der Waals surface area (Å²) in [5.41, 5.74) is 4.00. The lowest BCUT2D eigenvalue weighted by molar-refractivity contribution is -0.116. The zero-order valence-electron chi connectivity index (χ0n) is 15.4. The molecule has 0 saturated heterocycles. The molecule has 0 aliphatic carbocycles. The van der Waals surface area contributed by atoms with Crippen LogP contribution in [-0.4, -0.2) is 31.7 Å². The molecule has 1 aliphatic rings. The Morgan fingerprint density at radius 3 is 2.69 bits per heavy atom. The van der Waals surface area contributed by atoms with Crippen LogP contribution in [0.5, 0.6) is 0 Å². The molecule has 2 aromatic carbocycles. The Morgan fingerprint density at radius 1 is 1.21 bits per heavy atom. The summed E-state index contributed by atoms with van der Waals surface area (Å²) < 4.78 is 7.34. The Hall–Kier alpha value is -3.94. The highest BCUT2D eigenvalue weighted by Crippen LogP contribution is 2.40. The van der Waals surface area contributed by atoms with Gasteiger partial charge in [0, 0.05) is 17.9 Å². The lowest BCUT2D eigenvalue weighted by Gasteiger charge is -2.24. The molecule has 0 radical (unpaired) electrons. The number of nitrogens with zero attached hydrogens (tertiary/aromatic N) is 3. The molecular weight excluding hydrogens is 372 g/mol. The number of amides is 1. The second kappa shape index (κ2) is 6.30. The Morgan fingerprint density at radius 2 is 1.97 bits per heavy atom. The van der Waals surface area contributed by atoms with Crippen molar-refractivity contribution in [2.45, 2.75) is 19.3 Å². The van der Waals surface area contributed by atoms with Crippen LogP contribution in [0.15, 0.2) is 52.9 Å². The van der Waals surface area contributed by atoms with E-state index in [0.717, 1.165) is 16.8 Å². The maximum Gasteiger partial charge on any atom is 0.335 e. The molecule has 1 unspecified atom stereocenters. The lowest BCUT2D eigenvalue weighted by Crippen LogP contribution is -2.25. The van der Waals surface area contributed by atoms with Gasteiger partial charge in [-0.2, -0.15) is 14.8 Å². The first kappa shape index (κ1) is 17.2. The van der Waals surface area contributed by atoms with Crippen molar-refractivity contribution in [1.29, 1.82) is 0 Å². The number of rotatable bonds is 3. The molecule has 1 amide bonds. The van der Waals surface area contributed by atoms with E-state index in [1.807, 2.05) is 31.2 Å². The quantitative estimate of drug-likeness (QED) is 0.556. The number of fused-ring (bicyclic) bond motifs is 2. The predicted octanol–water partition coefficient (Wildman–Crippen LogP) is 3.49. The monoisotopic (exact) mass is 388 g/mol. The first-order chi connectivity index (χ1) is 14.0. The highest BCUT2D eigenvalue weighted by Gasteiger charge is 2.33. The van der Waals surface area contributed by atoms with Gasteiger partial charge in [0.15, 0.2) is 5.58 Å². The maximum absolute atomic E-state index is 12.5. The van der Waals surface area contributed by atoms with Crippen LogP contribution in [0.3, 0.4) is 0 Å². The Labute approximate surface area is 164 Å². The molecule has 0 fully saturated rings. The standard InChI is InChI=1S/C21H16N4O4/c1-11-18-14(12-6-8-13(9-7-12)20(27)28)10-17(26)23-19(18)25(24-11)21-22-15-4-2-3-5-16(15)29-21/h2-9,14H,10H2,1H3,(H,23,26)(H,27,28). The molecule has 0 bridgehead atoms. The minimum absolute atomic E-state index is 0.151. The van der Waals surface area contributed by atoms with Crippen molar-refractivity contribution in [3.05, 3.63) is 70.9 Å². The van der Waals surface area contributed by atoms with Gasteiger partial charge in [-0.05, 0) is 36.8 Å². The summed E-state index contributed by atoms with van der Waals surface area (Å²) >= 11 is 0. The topological polar surface area (TPSA) is 110 Å². The molecule has 2 aromatic heterocycles. The van der Waals surface area contributed by atoms with E-state index in [0.29, 0.717) is 16.9 Å². The second-order valence-electron chi connectivity index (χ2n) is 6.96. The van der Waals surface area contributed by atoms with Gasteiger partial charge in [0.05, 0.1) is 11.3 Å². The molecule has 0 saturated carbocycles. The van der Waals surface area contributed by atoms with E-state index in [-0.39, 0.29) is 29.8 Å². The number of nitrogens with one attached hydrogen (secondary N) is 1. The molecule has 3 heterocycles. The van der Waals surface area contributed by atoms with Gasteiger partial charge in [-0.3, -0.25) is 4.79 Å². The van der Waals surface area contributed by atoms with Crippen LogP contribution in [0.4, 0.5) is 5.82 Å². The molecule has 8 nitrogen and oxygen atoms in total. The maximum atomic E-state index is 12.5. The van der Waals surface area contributed by atoms with Crippen molar-refractivity contribution in [3.63, 3.8) is 0 Å². The number of anilines is 1. The summed E-state index contributed by atoms with van der Waals surface area (Å²) in [5.74, 6) is -0.849. The smallest absolute Gasteiger partial charge is 0.335 e. The number of aromatic carboxylic acids is 1. The zero-order chi connectivity index (χ0) is 20.1. The Kier molecular flexibility index (Phi) is 3.73. The van der Waals surface area contributed by atoms with E-state index >= 15 is 0 Å². The number of aromatic nitrogens is 3. The summed E-state index contributed by atoms with van der Waals surface area (Å²) in [6, 6.07) is 14.2. The van der Waals surface area contributed by atoms with Crippen LogP contribution >= 0.6 is 0 Å². The summed E-state index contributed by atoms with van der Waals surface area (Å²) in [6.07, 6.45) is 0.250. The number of para-hydroxylation sites is 2. The third-order valence-corrected chi connectivity index (χ3v) is 5.13. The fourth-order valence-corrected chi connectivity index (χ4v) is 3.78. The van der Waals surface area contributed by atoms with Crippen molar-refractivity contribution in [2.24, 2.45) is 0 Å². The zero-order valence-corrected chi connectivity index (χ0v) is 15.4. The van der Waals surface area contributed by atoms with Gasteiger partial charge in [0.1, 0.15) is 11.3 Å². The van der Waals surface area contributed by atoms with E-state index in [4.69, 9.17) is 9.52 Å². The van der Waals surface area contributed by atoms with E-state index in [2.05, 4.69) is 15.4 Å². The van der Waals surface area contributed by atoms with Crippen molar-refractivity contribution in [3.8, 4) is 6.01 Å². The number of hydrogen-bond acceptors (Lipinski definition) is 5. The van der Waals surface area contributed by atoms with Gasteiger partial charge in [0.2, 0.25) is 5.91 Å². The SMILES string of the molecule is Cc1nn(-c2nc3ccccc3o2)c2c1C(c1ccc(C(=O)O)cc1)CC(=O)N2. The first-order valence-electron chi connectivity index (χ1n) is 9.10. The number of carboxylic acids is 1. The van der Waals surface area contributed by atoms with Gasteiger partial charge in [0.25, 0.3) is 0 Å². The number of oxazole rings is 1. The Bertz CT molecular complexity index is 1240. The van der Waals surface area contributed by atoms with Crippen LogP contribution in [0.2, 0.25) is 0 Å². The molecule has 1 aliphatic heterocycles. The molecule has 4 aromatic rings. The average molecular weight is 388 g/mol. The number of aryl methyl sites for hydroxylation is 1. The number of benzene rings is 2. The van der Waals surface area contributed by atoms with Gasteiger partial charge < -0.3 is 14.8 Å². The minimum Gasteiger partial charge on any atom is -0.478 e. The summed E-state index contributed by atoms with van der Waals surface area (Å²) in [5, 5.41) is 16.6. The van der Waals surface area contributed by atoms with E-state index in [1.165, 1.54) is 4.68 Å². The molecule has 0 spiro atoms. The predicted molar refractivity (Wildman–Crippen MR) is 104 cm³/mol. The number of carbonyl (C=O) groups excluding carboxylic acids is 1. The van der Waals surface area contributed by atoms with Crippen molar-refractivity contribution in [2.75, 3.05) is 5.32 Å². The fourth-order valence-electron chi connectivity index (χ4n) is 3.78. The largest absolute Gasteiger partial charge is 0.478 e. The van der Waals surface area contributed by atoms with Crippen molar-refractivity contribution >= 4 is 28.8 Å². The molecule has 1 atom stereocenters. The van der Waals surface area contributed by atoms with Crippen molar-refractivity contribution < 1.29 is 19.1 Å². The highest BCUT2D eigenvalue weighted by atomic mass is 16.4. The van der Waals surface area contributed by atoms with Gasteiger partial charge >= 0.3 is 12.0 Å². The third-order valence-electron chi connectivity index (χ3n) is 5.13.